The predicted molar refractivity (Wildman–Crippen MR) is 72.3 cm³/mol. The first-order valence-electron chi connectivity index (χ1n) is 6.45. The van der Waals surface area contributed by atoms with Gasteiger partial charge in [-0.15, -0.1) is 0 Å². The first kappa shape index (κ1) is 13.3. The van der Waals surface area contributed by atoms with Crippen molar-refractivity contribution in [3.63, 3.8) is 0 Å². The molecule has 100 valence electrons. The number of anilines is 1. The van der Waals surface area contributed by atoms with Crippen LogP contribution >= 0.6 is 0 Å². The Morgan fingerprint density at radius 2 is 2.33 bits per heavy atom. The molecule has 2 rings (SSSR count). The summed E-state index contributed by atoms with van der Waals surface area (Å²) < 4.78 is 5.56. The molecule has 0 aliphatic carbocycles. The fraction of sp³-hybridized carbons (Fsp3) is 0.571. The summed E-state index contributed by atoms with van der Waals surface area (Å²) in [6, 6.07) is 8.62. The van der Waals surface area contributed by atoms with E-state index in [2.05, 4.69) is 24.8 Å². The summed E-state index contributed by atoms with van der Waals surface area (Å²) in [6.07, 6.45) is -0.0790. The number of benzene rings is 1. The Kier molecular flexibility index (Phi) is 4.22. The fourth-order valence-corrected chi connectivity index (χ4v) is 2.50. The van der Waals surface area contributed by atoms with Crippen molar-refractivity contribution in [2.24, 2.45) is 0 Å². The van der Waals surface area contributed by atoms with Crippen LogP contribution in [0.3, 0.4) is 0 Å². The van der Waals surface area contributed by atoms with Gasteiger partial charge in [0.2, 0.25) is 0 Å². The summed E-state index contributed by atoms with van der Waals surface area (Å²) in [7, 11) is 0. The van der Waals surface area contributed by atoms with Gasteiger partial charge in [-0.3, -0.25) is 4.90 Å². The molecule has 1 aliphatic heterocycles. The minimum absolute atomic E-state index is 0.0763. The first-order valence-corrected chi connectivity index (χ1v) is 6.45. The lowest BCUT2D eigenvalue weighted by Crippen LogP contribution is -2.50. The van der Waals surface area contributed by atoms with Crippen molar-refractivity contribution in [2.75, 3.05) is 25.5 Å². The van der Waals surface area contributed by atoms with E-state index < -0.39 is 0 Å². The molecule has 1 aromatic rings. The number of hydrogen-bond donors (Lipinski definition) is 2. The van der Waals surface area contributed by atoms with Crippen molar-refractivity contribution in [3.8, 4) is 0 Å². The maximum absolute atomic E-state index is 9.22. The number of morpholine rings is 1. The zero-order valence-corrected chi connectivity index (χ0v) is 11.0. The van der Waals surface area contributed by atoms with Crippen molar-refractivity contribution in [3.05, 3.63) is 29.8 Å². The molecule has 1 aromatic carbocycles. The molecule has 1 aliphatic rings. The van der Waals surface area contributed by atoms with Crippen LogP contribution in [0, 0.1) is 0 Å². The van der Waals surface area contributed by atoms with E-state index in [1.165, 1.54) is 5.56 Å². The minimum Gasteiger partial charge on any atom is -0.399 e. The lowest BCUT2D eigenvalue weighted by Gasteiger charge is -2.41. The minimum atomic E-state index is -0.0790. The van der Waals surface area contributed by atoms with Gasteiger partial charge in [0.25, 0.3) is 0 Å². The monoisotopic (exact) mass is 250 g/mol. The summed E-state index contributed by atoms with van der Waals surface area (Å²) >= 11 is 0. The van der Waals surface area contributed by atoms with E-state index in [1.54, 1.807) is 0 Å². The highest BCUT2D eigenvalue weighted by Crippen LogP contribution is 2.26. The molecule has 0 amide bonds. The summed E-state index contributed by atoms with van der Waals surface area (Å²) in [4.78, 5) is 2.36. The Balaban J connectivity index is 2.13. The lowest BCUT2D eigenvalue weighted by molar-refractivity contribution is -0.0896. The molecule has 3 atom stereocenters. The van der Waals surface area contributed by atoms with E-state index in [0.717, 1.165) is 12.2 Å². The number of ether oxygens (including phenoxy) is 1. The van der Waals surface area contributed by atoms with Crippen molar-refractivity contribution in [1.82, 2.24) is 4.90 Å². The zero-order valence-electron chi connectivity index (χ0n) is 11.0. The molecule has 3 N–H and O–H groups in total. The van der Waals surface area contributed by atoms with Crippen LogP contribution in [-0.2, 0) is 4.74 Å². The fourth-order valence-electron chi connectivity index (χ4n) is 2.50. The molecule has 1 fully saturated rings. The van der Waals surface area contributed by atoms with E-state index in [0.29, 0.717) is 12.6 Å². The SMILES string of the molecule is CC1COC(CO)CN1C(C)c1cccc(N)c1. The second-order valence-corrected chi connectivity index (χ2v) is 5.03. The smallest absolute Gasteiger partial charge is 0.0933 e. The van der Waals surface area contributed by atoms with E-state index >= 15 is 0 Å². The molecular weight excluding hydrogens is 228 g/mol. The number of nitrogens with zero attached hydrogens (tertiary/aromatic N) is 1. The molecule has 0 aromatic heterocycles. The molecule has 0 spiro atoms. The third-order valence-corrected chi connectivity index (χ3v) is 3.65. The molecular formula is C14H22N2O2. The van der Waals surface area contributed by atoms with Gasteiger partial charge in [-0.1, -0.05) is 12.1 Å². The maximum Gasteiger partial charge on any atom is 0.0933 e. The standard InChI is InChI=1S/C14H22N2O2/c1-10-9-18-14(8-17)7-16(10)11(2)12-4-3-5-13(15)6-12/h3-6,10-11,14,17H,7-9,15H2,1-2H3. The van der Waals surface area contributed by atoms with Gasteiger partial charge < -0.3 is 15.6 Å². The average molecular weight is 250 g/mol. The van der Waals surface area contributed by atoms with Crippen LogP contribution in [0.25, 0.3) is 0 Å². The average Bonchev–Trinajstić information content (AvgIpc) is 2.38. The van der Waals surface area contributed by atoms with Gasteiger partial charge in [-0.05, 0) is 31.5 Å². The van der Waals surface area contributed by atoms with Crippen LogP contribution in [0.15, 0.2) is 24.3 Å². The molecule has 18 heavy (non-hydrogen) atoms. The van der Waals surface area contributed by atoms with Gasteiger partial charge in [-0.2, -0.15) is 0 Å². The Hall–Kier alpha value is -1.10. The van der Waals surface area contributed by atoms with Crippen molar-refractivity contribution in [2.45, 2.75) is 32.0 Å². The lowest BCUT2D eigenvalue weighted by atomic mass is 10.0. The van der Waals surface area contributed by atoms with Gasteiger partial charge in [0.1, 0.15) is 0 Å². The Labute approximate surface area is 108 Å². The van der Waals surface area contributed by atoms with Gasteiger partial charge in [0, 0.05) is 24.3 Å². The Bertz CT molecular complexity index is 397. The highest BCUT2D eigenvalue weighted by Gasteiger charge is 2.29. The summed E-state index contributed by atoms with van der Waals surface area (Å²) in [5.74, 6) is 0. The normalized spacial score (nSPS) is 27.1. The van der Waals surface area contributed by atoms with Gasteiger partial charge in [0.05, 0.1) is 19.3 Å². The van der Waals surface area contributed by atoms with Gasteiger partial charge in [-0.25, -0.2) is 0 Å². The van der Waals surface area contributed by atoms with E-state index in [4.69, 9.17) is 10.5 Å². The molecule has 0 saturated carbocycles. The van der Waals surface area contributed by atoms with E-state index in [9.17, 15) is 5.11 Å². The summed E-state index contributed by atoms with van der Waals surface area (Å²) in [5, 5.41) is 9.22. The van der Waals surface area contributed by atoms with Crippen LogP contribution in [0.1, 0.15) is 25.5 Å². The summed E-state index contributed by atoms with van der Waals surface area (Å²) in [5.41, 5.74) is 7.83. The predicted octanol–water partition coefficient (Wildman–Crippen LogP) is 1.41. The number of rotatable bonds is 3. The molecule has 0 radical (unpaired) electrons. The number of aliphatic hydroxyl groups is 1. The topological polar surface area (TPSA) is 58.7 Å². The second-order valence-electron chi connectivity index (χ2n) is 5.03. The molecule has 4 nitrogen and oxygen atoms in total. The number of aliphatic hydroxyl groups excluding tert-OH is 1. The maximum atomic E-state index is 9.22. The van der Waals surface area contributed by atoms with Crippen LogP contribution < -0.4 is 5.73 Å². The van der Waals surface area contributed by atoms with Crippen molar-refractivity contribution >= 4 is 5.69 Å². The molecule has 4 heteroatoms. The van der Waals surface area contributed by atoms with Crippen molar-refractivity contribution in [1.29, 1.82) is 0 Å². The Morgan fingerprint density at radius 3 is 3.00 bits per heavy atom. The molecule has 0 bridgehead atoms. The quantitative estimate of drug-likeness (QED) is 0.796. The van der Waals surface area contributed by atoms with E-state index in [1.807, 2.05) is 18.2 Å². The highest BCUT2D eigenvalue weighted by atomic mass is 16.5. The zero-order chi connectivity index (χ0) is 13.1. The van der Waals surface area contributed by atoms with Crippen molar-refractivity contribution < 1.29 is 9.84 Å². The van der Waals surface area contributed by atoms with E-state index in [-0.39, 0.29) is 18.8 Å². The third-order valence-electron chi connectivity index (χ3n) is 3.65. The Morgan fingerprint density at radius 1 is 1.56 bits per heavy atom. The third kappa shape index (κ3) is 2.83. The molecule has 3 unspecified atom stereocenters. The number of hydrogen-bond acceptors (Lipinski definition) is 4. The largest absolute Gasteiger partial charge is 0.399 e. The second kappa shape index (κ2) is 5.69. The number of nitrogens with two attached hydrogens (primary N) is 1. The highest BCUT2D eigenvalue weighted by molar-refractivity contribution is 5.41. The van der Waals surface area contributed by atoms with Gasteiger partial charge in [0.15, 0.2) is 0 Å². The van der Waals surface area contributed by atoms with Crippen LogP contribution in [-0.4, -0.2) is 41.9 Å². The van der Waals surface area contributed by atoms with Crippen LogP contribution in [0.2, 0.25) is 0 Å². The molecule has 1 saturated heterocycles. The van der Waals surface area contributed by atoms with Crippen LogP contribution in [0.4, 0.5) is 5.69 Å². The summed E-state index contributed by atoms with van der Waals surface area (Å²) in [6.45, 7) is 5.82. The first-order chi connectivity index (χ1) is 8.61. The van der Waals surface area contributed by atoms with Crippen LogP contribution in [0.5, 0.6) is 0 Å². The molecule has 1 heterocycles. The number of nitrogen functional groups attached to an aromatic ring is 1. The van der Waals surface area contributed by atoms with Gasteiger partial charge >= 0.3 is 0 Å².